The van der Waals surface area contributed by atoms with Gasteiger partial charge < -0.3 is 14.6 Å². The molecule has 2 aromatic heterocycles. The Balaban J connectivity index is 2.09. The lowest BCUT2D eigenvalue weighted by Gasteiger charge is -2.29. The molecule has 0 saturated heterocycles. The molecular weight excluding hydrogens is 308 g/mol. The van der Waals surface area contributed by atoms with Crippen LogP contribution in [-0.2, 0) is 16.8 Å². The van der Waals surface area contributed by atoms with E-state index >= 15 is 0 Å². The normalized spacial score (nSPS) is 20.0. The van der Waals surface area contributed by atoms with Crippen molar-refractivity contribution in [1.82, 2.24) is 19.7 Å². The third-order valence-corrected chi connectivity index (χ3v) is 3.99. The number of hydrogen-bond acceptors (Lipinski definition) is 4. The fourth-order valence-corrected chi connectivity index (χ4v) is 3.05. The zero-order valence-electron chi connectivity index (χ0n) is 13.9. The second kappa shape index (κ2) is 5.99. The maximum atomic E-state index is 12.5. The van der Waals surface area contributed by atoms with Gasteiger partial charge in [-0.05, 0) is 39.0 Å². The first kappa shape index (κ1) is 16.0. The number of carbonyl (C=O) groups excluding carboxylic acids is 2. The molecule has 1 N–H and O–H groups in total. The van der Waals surface area contributed by atoms with Crippen molar-refractivity contribution in [2.45, 2.75) is 32.9 Å². The number of amides is 1. The van der Waals surface area contributed by atoms with E-state index in [9.17, 15) is 9.59 Å². The number of carbonyl (C=O) groups is 2. The Labute approximate surface area is 139 Å². The zero-order valence-corrected chi connectivity index (χ0v) is 13.9. The molecule has 0 spiro atoms. The Hall–Kier alpha value is -2.83. The molecule has 3 rings (SSSR count). The molecule has 0 aromatic carbocycles. The van der Waals surface area contributed by atoms with E-state index in [0.29, 0.717) is 17.8 Å². The molecule has 126 valence electrons. The number of esters is 1. The number of ether oxygens (including phenoxy) is 1. The molecule has 0 saturated carbocycles. The second-order valence-corrected chi connectivity index (χ2v) is 6.05. The molecule has 1 unspecified atom stereocenters. The number of nitrogens with one attached hydrogen (secondary N) is 1. The summed E-state index contributed by atoms with van der Waals surface area (Å²) in [6.07, 6.45) is 7.22. The highest BCUT2D eigenvalue weighted by Crippen LogP contribution is 2.28. The van der Waals surface area contributed by atoms with E-state index < -0.39 is 11.5 Å². The number of aromatic nitrogens is 3. The van der Waals surface area contributed by atoms with Crippen LogP contribution in [0.25, 0.3) is 0 Å². The Bertz CT molecular complexity index is 804. The molecule has 1 amide bonds. The van der Waals surface area contributed by atoms with Crippen LogP contribution in [0, 0.1) is 0 Å². The molecule has 2 aromatic rings. The van der Waals surface area contributed by atoms with Gasteiger partial charge in [0.15, 0.2) is 0 Å². The van der Waals surface area contributed by atoms with Gasteiger partial charge in [-0.15, -0.1) is 0 Å². The summed E-state index contributed by atoms with van der Waals surface area (Å²) in [5.74, 6) is -0.684. The summed E-state index contributed by atoms with van der Waals surface area (Å²) in [5, 5.41) is 7.09. The Morgan fingerprint density at radius 3 is 2.92 bits per heavy atom. The summed E-state index contributed by atoms with van der Waals surface area (Å²) in [7, 11) is 0. The smallest absolute Gasteiger partial charge is 0.339 e. The highest BCUT2D eigenvalue weighted by molar-refractivity contribution is 5.98. The topological polar surface area (TPSA) is 78.2 Å². The molecule has 1 aliphatic heterocycles. The summed E-state index contributed by atoms with van der Waals surface area (Å²) in [4.78, 5) is 24.5. The highest BCUT2D eigenvalue weighted by atomic mass is 16.5. The minimum Gasteiger partial charge on any atom is -0.462 e. The fraction of sp³-hybridized carbons (Fsp3) is 0.353. The van der Waals surface area contributed by atoms with Gasteiger partial charge in [-0.3, -0.25) is 9.48 Å². The molecular formula is C17H20N4O3. The molecule has 0 aliphatic carbocycles. The fourth-order valence-electron chi connectivity index (χ4n) is 3.05. The third kappa shape index (κ3) is 2.84. The lowest BCUT2D eigenvalue weighted by atomic mass is 10.0. The quantitative estimate of drug-likeness (QED) is 0.870. The van der Waals surface area contributed by atoms with Crippen molar-refractivity contribution in [2.75, 3.05) is 6.61 Å². The van der Waals surface area contributed by atoms with E-state index in [1.54, 1.807) is 30.1 Å². The minimum atomic E-state index is -0.560. The van der Waals surface area contributed by atoms with Crippen molar-refractivity contribution in [3.63, 3.8) is 0 Å². The summed E-state index contributed by atoms with van der Waals surface area (Å²) in [5.41, 5.74) is 0.980. The summed E-state index contributed by atoms with van der Waals surface area (Å²) in [6.45, 7) is 6.40. The molecule has 1 aliphatic rings. The standard InChI is InChI=1S/C17H20N4O3/c1-4-24-16(23)13-8-14-15(22)19-12(2)9-17(3,21(14)10-13)11-20-7-5-6-18-20/h5-10H,4,11H2,1-3H3,(H,19,22). The van der Waals surface area contributed by atoms with Gasteiger partial charge in [0, 0.05) is 24.3 Å². The van der Waals surface area contributed by atoms with Gasteiger partial charge in [0.1, 0.15) is 5.69 Å². The Kier molecular flexibility index (Phi) is 4.01. The van der Waals surface area contributed by atoms with Crippen LogP contribution in [0.5, 0.6) is 0 Å². The van der Waals surface area contributed by atoms with Crippen molar-refractivity contribution in [3.8, 4) is 0 Å². The number of rotatable bonds is 4. The zero-order chi connectivity index (χ0) is 17.3. The first-order chi connectivity index (χ1) is 11.4. The van der Waals surface area contributed by atoms with Gasteiger partial charge in [0.05, 0.1) is 24.3 Å². The highest BCUT2D eigenvalue weighted by Gasteiger charge is 2.33. The van der Waals surface area contributed by atoms with E-state index in [1.807, 2.05) is 36.8 Å². The summed E-state index contributed by atoms with van der Waals surface area (Å²) >= 11 is 0. The molecule has 0 fully saturated rings. The van der Waals surface area contributed by atoms with Gasteiger partial charge in [-0.1, -0.05) is 0 Å². The van der Waals surface area contributed by atoms with Gasteiger partial charge in [-0.2, -0.15) is 5.10 Å². The predicted molar refractivity (Wildman–Crippen MR) is 87.5 cm³/mol. The van der Waals surface area contributed by atoms with Crippen molar-refractivity contribution < 1.29 is 14.3 Å². The van der Waals surface area contributed by atoms with Crippen molar-refractivity contribution >= 4 is 11.9 Å². The summed E-state index contributed by atoms with van der Waals surface area (Å²) < 4.78 is 8.66. The van der Waals surface area contributed by atoms with Crippen molar-refractivity contribution in [2.24, 2.45) is 0 Å². The van der Waals surface area contributed by atoms with Crippen LogP contribution < -0.4 is 5.32 Å². The van der Waals surface area contributed by atoms with E-state index in [4.69, 9.17) is 4.74 Å². The Morgan fingerprint density at radius 1 is 1.46 bits per heavy atom. The molecule has 0 bridgehead atoms. The monoisotopic (exact) mass is 328 g/mol. The van der Waals surface area contributed by atoms with Gasteiger partial charge >= 0.3 is 5.97 Å². The van der Waals surface area contributed by atoms with Crippen molar-refractivity contribution in [3.05, 3.63) is 53.8 Å². The number of nitrogens with zero attached hydrogens (tertiary/aromatic N) is 3. The van der Waals surface area contributed by atoms with Gasteiger partial charge in [-0.25, -0.2) is 4.79 Å². The van der Waals surface area contributed by atoms with Crippen molar-refractivity contribution in [1.29, 1.82) is 0 Å². The average Bonchev–Trinajstić information content (AvgIpc) is 3.14. The molecule has 3 heterocycles. The molecule has 1 atom stereocenters. The first-order valence-corrected chi connectivity index (χ1v) is 7.81. The van der Waals surface area contributed by atoms with E-state index in [2.05, 4.69) is 10.4 Å². The van der Waals surface area contributed by atoms with E-state index in [0.717, 1.165) is 5.70 Å². The molecule has 7 heteroatoms. The minimum absolute atomic E-state index is 0.247. The van der Waals surface area contributed by atoms with Crippen LogP contribution >= 0.6 is 0 Å². The maximum Gasteiger partial charge on any atom is 0.339 e. The lowest BCUT2D eigenvalue weighted by molar-refractivity contribution is 0.0526. The number of fused-ring (bicyclic) bond motifs is 1. The molecule has 24 heavy (non-hydrogen) atoms. The van der Waals surface area contributed by atoms with Gasteiger partial charge in [0.2, 0.25) is 0 Å². The predicted octanol–water partition coefficient (Wildman–Crippen LogP) is 1.92. The maximum absolute atomic E-state index is 12.5. The lowest BCUT2D eigenvalue weighted by Crippen LogP contribution is -2.34. The third-order valence-electron chi connectivity index (χ3n) is 3.99. The summed E-state index contributed by atoms with van der Waals surface area (Å²) in [6, 6.07) is 3.42. The van der Waals surface area contributed by atoms with Gasteiger partial charge in [0.25, 0.3) is 5.91 Å². The SMILES string of the molecule is CCOC(=O)c1cc2n(c1)C(C)(Cn1cccn1)C=C(C)NC2=O. The van der Waals surface area contributed by atoms with Crippen LogP contribution in [0.4, 0.5) is 0 Å². The number of hydrogen-bond donors (Lipinski definition) is 1. The second-order valence-electron chi connectivity index (χ2n) is 6.05. The van der Waals surface area contributed by atoms with Crippen LogP contribution in [0.3, 0.4) is 0 Å². The van der Waals surface area contributed by atoms with Crippen LogP contribution in [0.1, 0.15) is 41.6 Å². The van der Waals surface area contributed by atoms with Crippen LogP contribution in [0.2, 0.25) is 0 Å². The largest absolute Gasteiger partial charge is 0.462 e. The van der Waals surface area contributed by atoms with E-state index in [1.165, 1.54) is 0 Å². The average molecular weight is 328 g/mol. The molecule has 7 nitrogen and oxygen atoms in total. The number of allylic oxidation sites excluding steroid dienone is 2. The van der Waals surface area contributed by atoms with Crippen LogP contribution in [0.15, 0.2) is 42.5 Å². The first-order valence-electron chi connectivity index (χ1n) is 7.81. The Morgan fingerprint density at radius 2 is 2.25 bits per heavy atom. The van der Waals surface area contributed by atoms with Crippen LogP contribution in [-0.4, -0.2) is 32.8 Å². The van der Waals surface area contributed by atoms with E-state index in [-0.39, 0.29) is 12.5 Å². The molecule has 0 radical (unpaired) electrons.